The van der Waals surface area contributed by atoms with Crippen molar-refractivity contribution < 1.29 is 22.8 Å². The van der Waals surface area contributed by atoms with Gasteiger partial charge in [-0.2, -0.15) is 13.2 Å². The maximum Gasteiger partial charge on any atom is 0.416 e. The van der Waals surface area contributed by atoms with Gasteiger partial charge < -0.3 is 16.0 Å². The van der Waals surface area contributed by atoms with E-state index in [1.165, 1.54) is 12.1 Å². The molecule has 5 nitrogen and oxygen atoms in total. The van der Waals surface area contributed by atoms with Crippen LogP contribution in [0.1, 0.15) is 11.1 Å². The van der Waals surface area contributed by atoms with Crippen molar-refractivity contribution >= 4 is 29.0 Å². The van der Waals surface area contributed by atoms with Gasteiger partial charge in [0.25, 0.3) is 0 Å². The van der Waals surface area contributed by atoms with Crippen molar-refractivity contribution in [2.24, 2.45) is 0 Å². The Morgan fingerprint density at radius 1 is 0.700 bits per heavy atom. The van der Waals surface area contributed by atoms with E-state index in [-0.39, 0.29) is 12.3 Å². The molecule has 0 heterocycles. The fraction of sp³-hybridized carbons (Fsp3) is 0.0909. The van der Waals surface area contributed by atoms with Gasteiger partial charge in [-0.1, -0.05) is 36.4 Å². The van der Waals surface area contributed by atoms with Crippen LogP contribution >= 0.6 is 0 Å². The highest BCUT2D eigenvalue weighted by Crippen LogP contribution is 2.29. The second-order valence-electron chi connectivity index (χ2n) is 6.45. The molecule has 3 aromatic carbocycles. The third-order valence-corrected chi connectivity index (χ3v) is 4.08. The molecule has 0 bridgehead atoms. The summed E-state index contributed by atoms with van der Waals surface area (Å²) in [5, 5.41) is 8.01. The first-order valence-corrected chi connectivity index (χ1v) is 8.99. The summed E-state index contributed by atoms with van der Waals surface area (Å²) in [6.45, 7) is 0. The van der Waals surface area contributed by atoms with E-state index in [0.29, 0.717) is 22.6 Å². The number of para-hydroxylation sites is 1. The average Bonchev–Trinajstić information content (AvgIpc) is 2.68. The molecule has 0 aliphatic rings. The van der Waals surface area contributed by atoms with Gasteiger partial charge in [0.15, 0.2) is 0 Å². The van der Waals surface area contributed by atoms with Crippen molar-refractivity contribution in [2.45, 2.75) is 12.6 Å². The van der Waals surface area contributed by atoms with Crippen LogP contribution in [0.15, 0.2) is 78.9 Å². The van der Waals surface area contributed by atoms with Crippen molar-refractivity contribution in [3.63, 3.8) is 0 Å². The van der Waals surface area contributed by atoms with E-state index in [9.17, 15) is 22.8 Å². The summed E-state index contributed by atoms with van der Waals surface area (Å²) in [5.74, 6) is -0.388. The van der Waals surface area contributed by atoms with Gasteiger partial charge in [-0.3, -0.25) is 4.79 Å². The summed E-state index contributed by atoms with van der Waals surface area (Å²) < 4.78 is 37.8. The Bertz CT molecular complexity index is 1020. The Morgan fingerprint density at radius 2 is 1.27 bits per heavy atom. The number of rotatable bonds is 5. The quantitative estimate of drug-likeness (QED) is 0.515. The van der Waals surface area contributed by atoms with Crippen molar-refractivity contribution in [2.75, 3.05) is 16.0 Å². The lowest BCUT2D eigenvalue weighted by Gasteiger charge is -2.10. The monoisotopic (exact) mass is 413 g/mol. The number of urea groups is 1. The molecular formula is C22H18F3N3O2. The van der Waals surface area contributed by atoms with Gasteiger partial charge in [0.05, 0.1) is 12.0 Å². The van der Waals surface area contributed by atoms with Crippen LogP contribution < -0.4 is 16.0 Å². The number of hydrogen-bond acceptors (Lipinski definition) is 2. The molecular weight excluding hydrogens is 395 g/mol. The van der Waals surface area contributed by atoms with Crippen LogP contribution in [0.25, 0.3) is 0 Å². The fourth-order valence-corrected chi connectivity index (χ4v) is 2.69. The first kappa shape index (κ1) is 20.9. The van der Waals surface area contributed by atoms with Gasteiger partial charge in [0, 0.05) is 17.1 Å². The Balaban J connectivity index is 1.56. The zero-order valence-electron chi connectivity index (χ0n) is 15.7. The number of halogens is 3. The van der Waals surface area contributed by atoms with Crippen molar-refractivity contribution in [1.82, 2.24) is 0 Å². The number of amides is 3. The number of alkyl halides is 3. The van der Waals surface area contributed by atoms with E-state index < -0.39 is 17.8 Å². The molecule has 0 radical (unpaired) electrons. The SMILES string of the molecule is O=C(Cc1ccc(C(F)(F)F)cc1)Nc1cccc(NC(=O)Nc2ccccc2)c1. The summed E-state index contributed by atoms with van der Waals surface area (Å²) >= 11 is 0. The van der Waals surface area contributed by atoms with Crippen LogP contribution in [-0.4, -0.2) is 11.9 Å². The lowest BCUT2D eigenvalue weighted by Crippen LogP contribution is -2.19. The summed E-state index contributed by atoms with van der Waals surface area (Å²) in [7, 11) is 0. The molecule has 30 heavy (non-hydrogen) atoms. The first-order chi connectivity index (χ1) is 14.3. The molecule has 0 fully saturated rings. The second-order valence-corrected chi connectivity index (χ2v) is 6.45. The predicted octanol–water partition coefficient (Wildman–Crippen LogP) is 5.53. The summed E-state index contributed by atoms with van der Waals surface area (Å²) in [6, 6.07) is 19.5. The van der Waals surface area contributed by atoms with Crippen molar-refractivity contribution in [3.05, 3.63) is 90.0 Å². The van der Waals surface area contributed by atoms with E-state index in [1.54, 1.807) is 48.5 Å². The van der Waals surface area contributed by atoms with Crippen LogP contribution in [0.4, 0.5) is 35.0 Å². The van der Waals surface area contributed by atoms with E-state index in [2.05, 4.69) is 16.0 Å². The fourth-order valence-electron chi connectivity index (χ4n) is 2.69. The largest absolute Gasteiger partial charge is 0.416 e. The third kappa shape index (κ3) is 6.10. The zero-order chi connectivity index (χ0) is 21.6. The number of nitrogens with one attached hydrogen (secondary N) is 3. The summed E-state index contributed by atoms with van der Waals surface area (Å²) in [5.41, 5.74) is 1.24. The van der Waals surface area contributed by atoms with Gasteiger partial charge in [0.2, 0.25) is 5.91 Å². The number of anilines is 3. The molecule has 0 aromatic heterocycles. The lowest BCUT2D eigenvalue weighted by molar-refractivity contribution is -0.137. The molecule has 3 amide bonds. The van der Waals surface area contributed by atoms with Crippen molar-refractivity contribution in [3.8, 4) is 0 Å². The Morgan fingerprint density at radius 3 is 1.90 bits per heavy atom. The van der Waals surface area contributed by atoms with Crippen LogP contribution in [-0.2, 0) is 17.4 Å². The van der Waals surface area contributed by atoms with Crippen LogP contribution in [0, 0.1) is 0 Å². The summed E-state index contributed by atoms with van der Waals surface area (Å²) in [4.78, 5) is 24.3. The second kappa shape index (κ2) is 9.13. The van der Waals surface area contributed by atoms with Crippen molar-refractivity contribution in [1.29, 1.82) is 0 Å². The normalized spacial score (nSPS) is 10.9. The van der Waals surface area contributed by atoms with E-state index in [4.69, 9.17) is 0 Å². The average molecular weight is 413 g/mol. The highest BCUT2D eigenvalue weighted by Gasteiger charge is 2.29. The molecule has 0 saturated carbocycles. The predicted molar refractivity (Wildman–Crippen MR) is 109 cm³/mol. The van der Waals surface area contributed by atoms with Gasteiger partial charge in [-0.25, -0.2) is 4.79 Å². The highest BCUT2D eigenvalue weighted by molar-refractivity contribution is 6.00. The van der Waals surface area contributed by atoms with Gasteiger partial charge in [0.1, 0.15) is 0 Å². The minimum atomic E-state index is -4.42. The molecule has 3 N–H and O–H groups in total. The Hall–Kier alpha value is -3.81. The molecule has 0 aliphatic heterocycles. The van der Waals surface area contributed by atoms with Gasteiger partial charge in [-0.05, 0) is 48.0 Å². The smallest absolute Gasteiger partial charge is 0.326 e. The Labute approximate surface area is 170 Å². The first-order valence-electron chi connectivity index (χ1n) is 8.99. The molecule has 0 atom stereocenters. The molecule has 0 unspecified atom stereocenters. The van der Waals surface area contributed by atoms with E-state index in [0.717, 1.165) is 12.1 Å². The minimum absolute atomic E-state index is 0.0791. The van der Waals surface area contributed by atoms with E-state index in [1.807, 2.05) is 6.07 Å². The number of benzene rings is 3. The lowest BCUT2D eigenvalue weighted by atomic mass is 10.1. The maximum absolute atomic E-state index is 12.6. The number of carbonyl (C=O) groups excluding carboxylic acids is 2. The van der Waals surface area contributed by atoms with Crippen LogP contribution in [0.3, 0.4) is 0 Å². The molecule has 8 heteroatoms. The molecule has 0 spiro atoms. The minimum Gasteiger partial charge on any atom is -0.326 e. The number of hydrogen-bond donors (Lipinski definition) is 3. The van der Waals surface area contributed by atoms with E-state index >= 15 is 0 Å². The summed E-state index contributed by atoms with van der Waals surface area (Å²) in [6.07, 6.45) is -4.49. The maximum atomic E-state index is 12.6. The van der Waals surface area contributed by atoms with Crippen LogP contribution in [0.2, 0.25) is 0 Å². The van der Waals surface area contributed by atoms with Gasteiger partial charge >= 0.3 is 12.2 Å². The molecule has 0 aliphatic carbocycles. The molecule has 3 rings (SSSR count). The standard InChI is InChI=1S/C22H18F3N3O2/c23-22(24,25)16-11-9-15(10-12-16)13-20(29)26-18-7-4-8-19(14-18)28-21(30)27-17-5-2-1-3-6-17/h1-12,14H,13H2,(H,26,29)(H2,27,28,30). The number of carbonyl (C=O) groups is 2. The zero-order valence-corrected chi connectivity index (χ0v) is 15.7. The molecule has 3 aromatic rings. The molecule has 154 valence electrons. The topological polar surface area (TPSA) is 70.2 Å². The highest BCUT2D eigenvalue weighted by atomic mass is 19.4. The van der Waals surface area contributed by atoms with Crippen LogP contribution in [0.5, 0.6) is 0 Å². The Kier molecular flexibility index (Phi) is 6.36. The van der Waals surface area contributed by atoms with Gasteiger partial charge in [-0.15, -0.1) is 0 Å². The third-order valence-electron chi connectivity index (χ3n) is 4.08. The molecule has 0 saturated heterocycles.